The molecule has 0 radical (unpaired) electrons. The lowest BCUT2D eigenvalue weighted by molar-refractivity contribution is 0.373. The quantitative estimate of drug-likeness (QED) is 0.880. The number of nitrogens with one attached hydrogen (secondary N) is 1. The van der Waals surface area contributed by atoms with Gasteiger partial charge in [0.15, 0.2) is 0 Å². The minimum atomic E-state index is 0.288. The van der Waals surface area contributed by atoms with Crippen LogP contribution in [0.4, 0.5) is 0 Å². The minimum Gasteiger partial charge on any atom is -0.481 e. The number of methoxy groups -OCH3 is 1. The van der Waals surface area contributed by atoms with Crippen LogP contribution in [0.25, 0.3) is 0 Å². The van der Waals surface area contributed by atoms with Crippen molar-refractivity contribution in [3.05, 3.63) is 28.3 Å². The molecule has 0 spiro atoms. The molecule has 1 atom stereocenters. The molecule has 0 saturated carbocycles. The molecule has 0 aromatic carbocycles. The van der Waals surface area contributed by atoms with E-state index in [9.17, 15) is 0 Å². The molecule has 2 heterocycles. The van der Waals surface area contributed by atoms with Crippen LogP contribution in [-0.4, -0.2) is 21.9 Å². The molecule has 5 nitrogen and oxygen atoms in total. The van der Waals surface area contributed by atoms with Crippen molar-refractivity contribution in [2.45, 2.75) is 19.5 Å². The summed E-state index contributed by atoms with van der Waals surface area (Å²) in [4.78, 5) is 5.30. The van der Waals surface area contributed by atoms with Crippen molar-refractivity contribution < 1.29 is 4.74 Å². The number of ether oxygens (including phenoxy) is 1. The van der Waals surface area contributed by atoms with Crippen molar-refractivity contribution >= 4 is 11.3 Å². The van der Waals surface area contributed by atoms with Crippen molar-refractivity contribution in [3.8, 4) is 5.88 Å². The Morgan fingerprint density at radius 2 is 2.41 bits per heavy atom. The molecule has 1 N–H and O–H groups in total. The van der Waals surface area contributed by atoms with E-state index in [1.165, 1.54) is 4.88 Å². The Labute approximate surface area is 104 Å². The van der Waals surface area contributed by atoms with Gasteiger partial charge in [-0.3, -0.25) is 4.98 Å². The summed E-state index contributed by atoms with van der Waals surface area (Å²) in [5.41, 5.74) is 2.82. The summed E-state index contributed by atoms with van der Waals surface area (Å²) in [6.45, 7) is 2.84. The van der Waals surface area contributed by atoms with E-state index < -0.39 is 0 Å². The van der Waals surface area contributed by atoms with Gasteiger partial charge in [0.25, 0.3) is 0 Å². The molecule has 0 saturated heterocycles. The molecule has 1 unspecified atom stereocenters. The Kier molecular flexibility index (Phi) is 3.75. The smallest absolute Gasteiger partial charge is 0.211 e. The van der Waals surface area contributed by atoms with Crippen molar-refractivity contribution in [1.82, 2.24) is 20.1 Å². The minimum absolute atomic E-state index is 0.288. The number of rotatable bonds is 5. The fourth-order valence-corrected chi connectivity index (χ4v) is 2.23. The van der Waals surface area contributed by atoms with E-state index in [2.05, 4.69) is 22.3 Å². The van der Waals surface area contributed by atoms with Crippen LogP contribution in [-0.2, 0) is 13.6 Å². The first-order chi connectivity index (χ1) is 8.20. The van der Waals surface area contributed by atoms with Gasteiger partial charge in [0.05, 0.1) is 18.3 Å². The van der Waals surface area contributed by atoms with Crippen LogP contribution in [0.5, 0.6) is 5.88 Å². The fourth-order valence-electron chi connectivity index (χ4n) is 1.58. The zero-order chi connectivity index (χ0) is 12.3. The Morgan fingerprint density at radius 1 is 1.59 bits per heavy atom. The molecular weight excluding hydrogens is 236 g/mol. The van der Waals surface area contributed by atoms with E-state index >= 15 is 0 Å². The summed E-state index contributed by atoms with van der Waals surface area (Å²) in [5, 5.41) is 7.76. The first-order valence-corrected chi connectivity index (χ1v) is 6.27. The Bertz CT molecular complexity index is 466. The van der Waals surface area contributed by atoms with Crippen LogP contribution in [0, 0.1) is 0 Å². The molecule has 17 heavy (non-hydrogen) atoms. The molecule has 0 aliphatic carbocycles. The van der Waals surface area contributed by atoms with Crippen molar-refractivity contribution in [1.29, 1.82) is 0 Å². The lowest BCUT2D eigenvalue weighted by atomic mass is 10.3. The number of aromatic nitrogens is 3. The van der Waals surface area contributed by atoms with Gasteiger partial charge in [-0.15, -0.1) is 11.3 Å². The van der Waals surface area contributed by atoms with Crippen molar-refractivity contribution in [2.75, 3.05) is 7.11 Å². The van der Waals surface area contributed by atoms with Gasteiger partial charge in [0.1, 0.15) is 0 Å². The lowest BCUT2D eigenvalue weighted by Gasteiger charge is -2.09. The third-order valence-electron chi connectivity index (χ3n) is 2.56. The average molecular weight is 252 g/mol. The monoisotopic (exact) mass is 252 g/mol. The summed E-state index contributed by atoms with van der Waals surface area (Å²) in [7, 11) is 3.52. The molecule has 0 bridgehead atoms. The number of hydrogen-bond acceptors (Lipinski definition) is 5. The molecule has 6 heteroatoms. The normalized spacial score (nSPS) is 12.6. The van der Waals surface area contributed by atoms with Gasteiger partial charge >= 0.3 is 0 Å². The second kappa shape index (κ2) is 5.29. The Morgan fingerprint density at radius 3 is 3.00 bits per heavy atom. The van der Waals surface area contributed by atoms with E-state index in [0.29, 0.717) is 0 Å². The Balaban J connectivity index is 1.93. The van der Waals surface area contributed by atoms with Crippen LogP contribution < -0.4 is 10.1 Å². The third kappa shape index (κ3) is 2.83. The number of nitrogens with zero attached hydrogens (tertiary/aromatic N) is 3. The van der Waals surface area contributed by atoms with E-state index in [4.69, 9.17) is 4.74 Å². The lowest BCUT2D eigenvalue weighted by Crippen LogP contribution is -2.17. The van der Waals surface area contributed by atoms with Gasteiger partial charge in [-0.05, 0) is 6.92 Å². The molecule has 0 fully saturated rings. The van der Waals surface area contributed by atoms with E-state index in [1.54, 1.807) is 23.1 Å². The molecule has 0 aliphatic heterocycles. The number of aryl methyl sites for hydroxylation is 1. The van der Waals surface area contributed by atoms with Crippen LogP contribution in [0.1, 0.15) is 23.5 Å². The standard InChI is InChI=1S/C11H16N4OS/c1-8(10-6-12-7-17-10)13-5-9-4-11(16-3)15(2)14-9/h4,6-8,13H,5H2,1-3H3. The summed E-state index contributed by atoms with van der Waals surface area (Å²) in [6.07, 6.45) is 1.89. The SMILES string of the molecule is COc1cc(CNC(C)c2cncs2)nn1C. The highest BCUT2D eigenvalue weighted by atomic mass is 32.1. The molecule has 2 aromatic heterocycles. The van der Waals surface area contributed by atoms with Crippen LogP contribution in [0.2, 0.25) is 0 Å². The number of thiazole rings is 1. The van der Waals surface area contributed by atoms with Crippen molar-refractivity contribution in [3.63, 3.8) is 0 Å². The maximum Gasteiger partial charge on any atom is 0.211 e. The zero-order valence-electron chi connectivity index (χ0n) is 10.2. The van der Waals surface area contributed by atoms with Gasteiger partial charge < -0.3 is 10.1 Å². The highest BCUT2D eigenvalue weighted by Crippen LogP contribution is 2.17. The molecular formula is C11H16N4OS. The molecule has 2 rings (SSSR count). The zero-order valence-corrected chi connectivity index (χ0v) is 11.0. The van der Waals surface area contributed by atoms with Gasteiger partial charge in [-0.2, -0.15) is 5.10 Å². The Hall–Kier alpha value is -1.40. The van der Waals surface area contributed by atoms with Crippen LogP contribution in [0.15, 0.2) is 17.8 Å². The van der Waals surface area contributed by atoms with Gasteiger partial charge in [-0.25, -0.2) is 4.68 Å². The summed E-state index contributed by atoms with van der Waals surface area (Å²) in [5.74, 6) is 0.771. The predicted octanol–water partition coefficient (Wildman–Crippen LogP) is 1.74. The average Bonchev–Trinajstić information content (AvgIpc) is 2.95. The predicted molar refractivity (Wildman–Crippen MR) is 67.1 cm³/mol. The van der Waals surface area contributed by atoms with Gasteiger partial charge in [0, 0.05) is 36.8 Å². The van der Waals surface area contributed by atoms with E-state index in [1.807, 2.05) is 24.8 Å². The number of hydrogen-bond donors (Lipinski definition) is 1. The summed E-state index contributed by atoms with van der Waals surface area (Å²) < 4.78 is 6.90. The first-order valence-electron chi connectivity index (χ1n) is 5.39. The largest absolute Gasteiger partial charge is 0.481 e. The maximum absolute atomic E-state index is 5.17. The van der Waals surface area contributed by atoms with Crippen molar-refractivity contribution in [2.24, 2.45) is 7.05 Å². The van der Waals surface area contributed by atoms with Crippen LogP contribution >= 0.6 is 11.3 Å². The maximum atomic E-state index is 5.17. The summed E-state index contributed by atoms with van der Waals surface area (Å²) >= 11 is 1.66. The first kappa shape index (κ1) is 12.1. The highest BCUT2D eigenvalue weighted by molar-refractivity contribution is 7.09. The van der Waals surface area contributed by atoms with Crippen LogP contribution in [0.3, 0.4) is 0 Å². The fraction of sp³-hybridized carbons (Fsp3) is 0.455. The third-order valence-corrected chi connectivity index (χ3v) is 3.52. The van der Waals surface area contributed by atoms with E-state index in [-0.39, 0.29) is 6.04 Å². The molecule has 0 amide bonds. The molecule has 92 valence electrons. The molecule has 0 aliphatic rings. The topological polar surface area (TPSA) is 52.0 Å². The van der Waals surface area contributed by atoms with Gasteiger partial charge in [0.2, 0.25) is 5.88 Å². The van der Waals surface area contributed by atoms with Gasteiger partial charge in [-0.1, -0.05) is 0 Å². The van der Waals surface area contributed by atoms with E-state index in [0.717, 1.165) is 18.1 Å². The summed E-state index contributed by atoms with van der Waals surface area (Å²) in [6, 6.07) is 2.22. The second-order valence-electron chi connectivity index (χ2n) is 3.81. The highest BCUT2D eigenvalue weighted by Gasteiger charge is 2.09. The second-order valence-corrected chi connectivity index (χ2v) is 4.73. The molecule has 2 aromatic rings.